The summed E-state index contributed by atoms with van der Waals surface area (Å²) in [5.41, 5.74) is 4.17. The molecule has 44 heavy (non-hydrogen) atoms. The molecule has 2 heterocycles. The van der Waals surface area contributed by atoms with E-state index in [4.69, 9.17) is 14.5 Å². The van der Waals surface area contributed by atoms with Crippen molar-refractivity contribution in [2.24, 2.45) is 4.99 Å². The third kappa shape index (κ3) is 6.18. The summed E-state index contributed by atoms with van der Waals surface area (Å²) in [6, 6.07) is 34.5. The monoisotopic (exact) mass is 618 g/mol. The van der Waals surface area contributed by atoms with Crippen LogP contribution in [0.25, 0.3) is 11.8 Å². The largest absolute Gasteiger partial charge is 0.489 e. The summed E-state index contributed by atoms with van der Waals surface area (Å²) in [4.78, 5) is 34.2. The first-order valence-corrected chi connectivity index (χ1v) is 16.3. The van der Waals surface area contributed by atoms with E-state index in [1.807, 2.05) is 122 Å². The summed E-state index contributed by atoms with van der Waals surface area (Å²) >= 11 is 2.94. The number of thioether (sulfide) groups is 1. The van der Waals surface area contributed by atoms with Crippen molar-refractivity contribution < 1.29 is 14.3 Å². The van der Waals surface area contributed by atoms with Crippen molar-refractivity contribution >= 4 is 40.8 Å². The Morgan fingerprint density at radius 1 is 0.932 bits per heavy atom. The van der Waals surface area contributed by atoms with E-state index in [2.05, 4.69) is 0 Å². The maximum Gasteiger partial charge on any atom is 0.338 e. The zero-order chi connectivity index (χ0) is 30.5. The Hall–Kier alpha value is -4.66. The summed E-state index contributed by atoms with van der Waals surface area (Å²) in [5.74, 6) is 0.252. The number of thiazole rings is 1. The van der Waals surface area contributed by atoms with E-state index in [1.165, 1.54) is 11.3 Å². The molecule has 0 amide bonds. The maximum atomic E-state index is 14.1. The molecule has 1 aliphatic rings. The highest BCUT2D eigenvalue weighted by molar-refractivity contribution is 7.98. The van der Waals surface area contributed by atoms with Crippen molar-refractivity contribution in [1.82, 2.24) is 4.57 Å². The van der Waals surface area contributed by atoms with E-state index < -0.39 is 12.0 Å². The Bertz CT molecular complexity index is 1980. The highest BCUT2D eigenvalue weighted by atomic mass is 32.2. The molecule has 5 aromatic rings. The first kappa shape index (κ1) is 29.4. The van der Waals surface area contributed by atoms with Crippen LogP contribution >= 0.6 is 23.1 Å². The van der Waals surface area contributed by atoms with Crippen molar-refractivity contribution in [1.29, 1.82) is 0 Å². The molecule has 0 N–H and O–H groups in total. The van der Waals surface area contributed by atoms with E-state index in [1.54, 1.807) is 23.3 Å². The van der Waals surface area contributed by atoms with E-state index in [0.29, 0.717) is 27.2 Å². The van der Waals surface area contributed by atoms with E-state index in [-0.39, 0.29) is 12.2 Å². The van der Waals surface area contributed by atoms with E-state index in [9.17, 15) is 9.59 Å². The lowest BCUT2D eigenvalue weighted by atomic mass is 9.93. The molecule has 0 saturated carbocycles. The third-order valence-electron chi connectivity index (χ3n) is 7.23. The minimum atomic E-state index is -0.702. The van der Waals surface area contributed by atoms with Crippen LogP contribution in [0, 0.1) is 0 Å². The molecule has 0 unspecified atom stereocenters. The first-order chi connectivity index (χ1) is 21.6. The molecule has 0 bridgehead atoms. The molecule has 0 spiro atoms. The van der Waals surface area contributed by atoms with Gasteiger partial charge in [0.05, 0.1) is 28.5 Å². The summed E-state index contributed by atoms with van der Waals surface area (Å²) in [6.45, 7) is 2.46. The topological polar surface area (TPSA) is 69.9 Å². The van der Waals surface area contributed by atoms with Crippen LogP contribution in [0.15, 0.2) is 129 Å². The van der Waals surface area contributed by atoms with Gasteiger partial charge in [0.1, 0.15) is 12.4 Å². The summed E-state index contributed by atoms with van der Waals surface area (Å²) in [5, 5.41) is 0. The average molecular weight is 619 g/mol. The molecule has 0 radical (unpaired) electrons. The molecule has 8 heteroatoms. The van der Waals surface area contributed by atoms with Gasteiger partial charge < -0.3 is 9.47 Å². The SMILES string of the molecule is CCOC(=O)C1=C(c2ccccc2)N=c2s/c(=C\c3ccc(OCc4ccccc4)cc3)c(=O)n2[C@@H]1c1ccc(SC)cc1. The Labute approximate surface area is 263 Å². The van der Waals surface area contributed by atoms with Crippen LogP contribution in [0.5, 0.6) is 5.75 Å². The molecule has 6 nitrogen and oxygen atoms in total. The number of fused-ring (bicyclic) bond motifs is 1. The number of carbonyl (C=O) groups is 1. The Kier molecular flexibility index (Phi) is 8.91. The van der Waals surface area contributed by atoms with Crippen LogP contribution in [0.4, 0.5) is 0 Å². The zero-order valence-corrected chi connectivity index (χ0v) is 25.9. The third-order valence-corrected chi connectivity index (χ3v) is 8.96. The molecule has 1 atom stereocenters. The van der Waals surface area contributed by atoms with Crippen LogP contribution in [0.1, 0.15) is 35.2 Å². The number of hydrogen-bond acceptors (Lipinski definition) is 7. The number of nitrogens with zero attached hydrogens (tertiary/aromatic N) is 2. The maximum absolute atomic E-state index is 14.1. The van der Waals surface area contributed by atoms with Gasteiger partial charge in [0, 0.05) is 10.5 Å². The quantitative estimate of drug-likeness (QED) is 0.145. The van der Waals surface area contributed by atoms with Crippen LogP contribution in [0.2, 0.25) is 0 Å². The average Bonchev–Trinajstić information content (AvgIpc) is 3.38. The van der Waals surface area contributed by atoms with Gasteiger partial charge in [-0.05, 0) is 60.2 Å². The van der Waals surface area contributed by atoms with Crippen molar-refractivity contribution in [3.63, 3.8) is 0 Å². The van der Waals surface area contributed by atoms with Gasteiger partial charge in [-0.3, -0.25) is 9.36 Å². The minimum Gasteiger partial charge on any atom is -0.489 e. The summed E-state index contributed by atoms with van der Waals surface area (Å²) < 4.78 is 13.6. The fourth-order valence-electron chi connectivity index (χ4n) is 5.09. The molecule has 220 valence electrons. The van der Waals surface area contributed by atoms with Gasteiger partial charge in [-0.15, -0.1) is 11.8 Å². The number of esters is 1. The van der Waals surface area contributed by atoms with Gasteiger partial charge in [-0.25, -0.2) is 9.79 Å². The number of carbonyl (C=O) groups excluding carboxylic acids is 1. The molecule has 1 aromatic heterocycles. The lowest BCUT2D eigenvalue weighted by Gasteiger charge is -2.26. The fraction of sp³-hybridized carbons (Fsp3) is 0.139. The molecule has 0 aliphatic carbocycles. The number of rotatable bonds is 9. The van der Waals surface area contributed by atoms with Crippen molar-refractivity contribution in [2.45, 2.75) is 24.5 Å². The zero-order valence-electron chi connectivity index (χ0n) is 24.3. The predicted molar refractivity (Wildman–Crippen MR) is 176 cm³/mol. The van der Waals surface area contributed by atoms with Gasteiger partial charge in [0.2, 0.25) is 0 Å². The first-order valence-electron chi connectivity index (χ1n) is 14.2. The second kappa shape index (κ2) is 13.3. The van der Waals surface area contributed by atoms with E-state index in [0.717, 1.165) is 32.9 Å². The predicted octanol–water partition coefficient (Wildman–Crippen LogP) is 6.24. The summed E-state index contributed by atoms with van der Waals surface area (Å²) in [6.07, 6.45) is 3.87. The van der Waals surface area contributed by atoms with Crippen molar-refractivity contribution in [3.05, 3.63) is 157 Å². The van der Waals surface area contributed by atoms with Gasteiger partial charge >= 0.3 is 5.97 Å². The van der Waals surface area contributed by atoms with Crippen LogP contribution < -0.4 is 19.6 Å². The van der Waals surface area contributed by atoms with Crippen LogP contribution in [0.3, 0.4) is 0 Å². The van der Waals surface area contributed by atoms with Crippen molar-refractivity contribution in [2.75, 3.05) is 12.9 Å². The lowest BCUT2D eigenvalue weighted by molar-refractivity contribution is -0.138. The minimum absolute atomic E-state index is 0.206. The second-order valence-electron chi connectivity index (χ2n) is 10.0. The summed E-state index contributed by atoms with van der Waals surface area (Å²) in [7, 11) is 0. The highest BCUT2D eigenvalue weighted by Gasteiger charge is 2.35. The standard InChI is InChI=1S/C36H30N2O4S2/c1-3-41-35(40)31-32(26-12-8-5-9-13-26)37-36-38(33(31)27-16-20-29(43-2)21-17-27)34(39)30(44-36)22-24-14-18-28(19-15-24)42-23-25-10-6-4-7-11-25/h4-22,33H,3,23H2,1-2H3/b30-22-/t33-/m1/s1. The Morgan fingerprint density at radius 2 is 1.61 bits per heavy atom. The number of hydrogen-bond donors (Lipinski definition) is 0. The van der Waals surface area contributed by atoms with Crippen LogP contribution in [-0.4, -0.2) is 23.4 Å². The van der Waals surface area contributed by atoms with Gasteiger partial charge in [0.15, 0.2) is 4.80 Å². The molecular formula is C36H30N2O4S2. The molecule has 1 aliphatic heterocycles. The molecular weight excluding hydrogens is 589 g/mol. The van der Waals surface area contributed by atoms with Gasteiger partial charge in [-0.1, -0.05) is 96.3 Å². The fourth-order valence-corrected chi connectivity index (χ4v) is 6.50. The lowest BCUT2D eigenvalue weighted by Crippen LogP contribution is -2.40. The normalized spacial score (nSPS) is 14.6. The molecule has 6 rings (SSSR count). The van der Waals surface area contributed by atoms with Crippen molar-refractivity contribution in [3.8, 4) is 5.75 Å². The van der Waals surface area contributed by atoms with Crippen LogP contribution in [-0.2, 0) is 16.1 Å². The number of benzene rings is 4. The second-order valence-corrected chi connectivity index (χ2v) is 11.9. The highest BCUT2D eigenvalue weighted by Crippen LogP contribution is 2.35. The Morgan fingerprint density at radius 3 is 2.27 bits per heavy atom. The Balaban J connectivity index is 1.45. The smallest absolute Gasteiger partial charge is 0.338 e. The molecule has 0 fully saturated rings. The molecule has 4 aromatic carbocycles. The van der Waals surface area contributed by atoms with E-state index >= 15 is 0 Å². The number of ether oxygens (including phenoxy) is 2. The van der Waals surface area contributed by atoms with Gasteiger partial charge in [-0.2, -0.15) is 0 Å². The molecule has 0 saturated heterocycles. The number of aromatic nitrogens is 1. The van der Waals surface area contributed by atoms with Gasteiger partial charge in [0.25, 0.3) is 5.56 Å².